The molecule has 0 aliphatic rings. The molecule has 7 nitrogen and oxygen atoms in total. The SMILES string of the molecule is CCOC(=O)c1ccc(N(Cc2cccnc2)C(=S)NC(=O)c2ccc(OC)c(Cl)c2)cc1. The van der Waals surface area contributed by atoms with Gasteiger partial charge in [0.25, 0.3) is 5.91 Å². The Balaban J connectivity index is 1.84. The molecule has 0 saturated carbocycles. The molecular weight excluding hydrogens is 462 g/mol. The van der Waals surface area contributed by atoms with Crippen LogP contribution in [0.2, 0.25) is 5.02 Å². The number of halogens is 1. The van der Waals surface area contributed by atoms with Crippen molar-refractivity contribution >= 4 is 46.5 Å². The van der Waals surface area contributed by atoms with Crippen LogP contribution in [0.4, 0.5) is 5.69 Å². The van der Waals surface area contributed by atoms with Crippen molar-refractivity contribution < 1.29 is 19.1 Å². The number of nitrogens with one attached hydrogen (secondary N) is 1. The quantitative estimate of drug-likeness (QED) is 0.387. The average Bonchev–Trinajstić information content (AvgIpc) is 2.83. The fourth-order valence-corrected chi connectivity index (χ4v) is 3.51. The molecule has 0 fully saturated rings. The molecular formula is C24H22ClN3O4S. The van der Waals surface area contributed by atoms with Gasteiger partial charge in [0.15, 0.2) is 5.11 Å². The number of amides is 1. The second kappa shape index (κ2) is 11.4. The molecule has 0 bridgehead atoms. The van der Waals surface area contributed by atoms with E-state index in [9.17, 15) is 9.59 Å². The van der Waals surface area contributed by atoms with Crippen molar-refractivity contribution in [1.82, 2.24) is 10.3 Å². The number of hydrogen-bond acceptors (Lipinski definition) is 6. The zero-order valence-electron chi connectivity index (χ0n) is 18.1. The van der Waals surface area contributed by atoms with E-state index in [-0.39, 0.29) is 5.11 Å². The first kappa shape index (κ1) is 24.2. The van der Waals surface area contributed by atoms with E-state index in [4.69, 9.17) is 33.3 Å². The van der Waals surface area contributed by atoms with Crippen LogP contribution in [0.3, 0.4) is 0 Å². The smallest absolute Gasteiger partial charge is 0.338 e. The molecule has 0 saturated heterocycles. The molecule has 0 unspecified atom stereocenters. The summed E-state index contributed by atoms with van der Waals surface area (Å²) in [6.45, 7) is 2.40. The van der Waals surface area contributed by atoms with E-state index in [0.717, 1.165) is 5.56 Å². The highest BCUT2D eigenvalue weighted by Crippen LogP contribution is 2.25. The highest BCUT2D eigenvalue weighted by Gasteiger charge is 2.18. The molecule has 1 heterocycles. The average molecular weight is 484 g/mol. The van der Waals surface area contributed by atoms with Gasteiger partial charge in [0, 0.05) is 23.6 Å². The van der Waals surface area contributed by atoms with Gasteiger partial charge in [-0.3, -0.25) is 15.1 Å². The highest BCUT2D eigenvalue weighted by atomic mass is 35.5. The summed E-state index contributed by atoms with van der Waals surface area (Å²) in [5, 5.41) is 3.24. The second-order valence-electron chi connectivity index (χ2n) is 6.82. The Morgan fingerprint density at radius 1 is 1.12 bits per heavy atom. The lowest BCUT2D eigenvalue weighted by molar-refractivity contribution is 0.0526. The molecule has 1 amide bonds. The molecule has 1 N–H and O–H groups in total. The van der Waals surface area contributed by atoms with E-state index >= 15 is 0 Å². The lowest BCUT2D eigenvalue weighted by Gasteiger charge is -2.26. The molecule has 0 aliphatic heterocycles. The third kappa shape index (κ3) is 6.27. The Kier molecular flexibility index (Phi) is 8.34. The number of benzene rings is 2. The van der Waals surface area contributed by atoms with Crippen LogP contribution in [0.25, 0.3) is 0 Å². The van der Waals surface area contributed by atoms with E-state index in [2.05, 4.69) is 10.3 Å². The number of rotatable bonds is 7. The molecule has 3 rings (SSSR count). The maximum atomic E-state index is 12.8. The van der Waals surface area contributed by atoms with Crippen LogP contribution >= 0.6 is 23.8 Å². The lowest BCUT2D eigenvalue weighted by atomic mass is 10.1. The number of anilines is 1. The third-order valence-corrected chi connectivity index (χ3v) is 5.25. The molecule has 9 heteroatoms. The van der Waals surface area contributed by atoms with E-state index < -0.39 is 11.9 Å². The molecule has 0 spiro atoms. The minimum Gasteiger partial charge on any atom is -0.495 e. The third-order valence-electron chi connectivity index (χ3n) is 4.63. The molecule has 0 radical (unpaired) electrons. The van der Waals surface area contributed by atoms with Crippen LogP contribution in [0.5, 0.6) is 5.75 Å². The summed E-state index contributed by atoms with van der Waals surface area (Å²) < 4.78 is 10.2. The minimum atomic E-state index is -0.413. The summed E-state index contributed by atoms with van der Waals surface area (Å²) in [6, 6.07) is 15.2. The first-order valence-electron chi connectivity index (χ1n) is 10.1. The summed E-state index contributed by atoms with van der Waals surface area (Å²) in [5.41, 5.74) is 2.33. The molecule has 33 heavy (non-hydrogen) atoms. The van der Waals surface area contributed by atoms with Crippen molar-refractivity contribution in [2.24, 2.45) is 0 Å². The molecule has 2 aromatic carbocycles. The number of ether oxygens (including phenoxy) is 2. The first-order chi connectivity index (χ1) is 15.9. The van der Waals surface area contributed by atoms with E-state index in [1.54, 1.807) is 60.6 Å². The maximum absolute atomic E-state index is 12.8. The number of pyridine rings is 1. The Labute approximate surface area is 202 Å². The summed E-state index contributed by atoms with van der Waals surface area (Å²) >= 11 is 11.7. The summed E-state index contributed by atoms with van der Waals surface area (Å²) in [4.78, 5) is 30.7. The van der Waals surface area contributed by atoms with Gasteiger partial charge in [-0.2, -0.15) is 0 Å². The van der Waals surface area contributed by atoms with Crippen molar-refractivity contribution in [2.45, 2.75) is 13.5 Å². The zero-order chi connectivity index (χ0) is 23.8. The largest absolute Gasteiger partial charge is 0.495 e. The Bertz CT molecular complexity index is 1140. The Morgan fingerprint density at radius 2 is 1.85 bits per heavy atom. The minimum absolute atomic E-state index is 0.180. The number of esters is 1. The lowest BCUT2D eigenvalue weighted by Crippen LogP contribution is -2.42. The summed E-state index contributed by atoms with van der Waals surface area (Å²) in [6.07, 6.45) is 3.39. The van der Waals surface area contributed by atoms with Crippen molar-refractivity contribution in [1.29, 1.82) is 0 Å². The highest BCUT2D eigenvalue weighted by molar-refractivity contribution is 7.80. The fraction of sp³-hybridized carbons (Fsp3) is 0.167. The summed E-state index contributed by atoms with van der Waals surface area (Å²) in [5.74, 6) is -0.352. The van der Waals surface area contributed by atoms with Gasteiger partial charge in [-0.1, -0.05) is 17.7 Å². The number of nitrogens with zero attached hydrogens (tertiary/aromatic N) is 2. The first-order valence-corrected chi connectivity index (χ1v) is 10.8. The van der Waals surface area contributed by atoms with Crippen LogP contribution in [0, 0.1) is 0 Å². The number of methoxy groups -OCH3 is 1. The molecule has 0 aliphatic carbocycles. The molecule has 1 aromatic heterocycles. The van der Waals surface area contributed by atoms with Crippen LogP contribution in [-0.4, -0.2) is 35.7 Å². The normalized spacial score (nSPS) is 10.3. The Morgan fingerprint density at radius 3 is 2.45 bits per heavy atom. The van der Waals surface area contributed by atoms with Gasteiger partial charge in [0.05, 0.1) is 30.8 Å². The van der Waals surface area contributed by atoms with Gasteiger partial charge in [0.1, 0.15) is 5.75 Å². The van der Waals surface area contributed by atoms with Crippen LogP contribution < -0.4 is 15.0 Å². The predicted octanol–water partition coefficient (Wildman–Crippen LogP) is 4.64. The van der Waals surface area contributed by atoms with Gasteiger partial charge in [0.2, 0.25) is 0 Å². The molecule has 3 aromatic rings. The van der Waals surface area contributed by atoms with Crippen molar-refractivity contribution in [3.8, 4) is 5.75 Å². The molecule has 170 valence electrons. The number of aromatic nitrogens is 1. The standard InChI is InChI=1S/C24H22ClN3O4S/c1-3-32-23(30)17-6-9-19(10-7-17)28(15-16-5-4-12-26-14-16)24(33)27-22(29)18-8-11-21(31-2)20(25)13-18/h4-14H,3,15H2,1-2H3,(H,27,29,33). The topological polar surface area (TPSA) is 80.8 Å². The van der Waals surface area contributed by atoms with E-state index in [0.29, 0.717) is 40.7 Å². The number of thiocarbonyl (C=S) groups is 1. The monoisotopic (exact) mass is 483 g/mol. The van der Waals surface area contributed by atoms with E-state index in [1.807, 2.05) is 12.1 Å². The van der Waals surface area contributed by atoms with Gasteiger partial charge >= 0.3 is 5.97 Å². The van der Waals surface area contributed by atoms with Gasteiger partial charge in [-0.25, -0.2) is 4.79 Å². The predicted molar refractivity (Wildman–Crippen MR) is 131 cm³/mol. The van der Waals surface area contributed by atoms with Gasteiger partial charge < -0.3 is 14.4 Å². The number of hydrogen-bond donors (Lipinski definition) is 1. The second-order valence-corrected chi connectivity index (χ2v) is 7.62. The fourth-order valence-electron chi connectivity index (χ4n) is 2.99. The van der Waals surface area contributed by atoms with E-state index in [1.165, 1.54) is 13.2 Å². The Hall–Kier alpha value is -3.49. The number of carbonyl (C=O) groups excluding carboxylic acids is 2. The van der Waals surface area contributed by atoms with Crippen molar-refractivity contribution in [2.75, 3.05) is 18.6 Å². The summed E-state index contributed by atoms with van der Waals surface area (Å²) in [7, 11) is 1.50. The van der Waals surface area contributed by atoms with Crippen LogP contribution in [-0.2, 0) is 11.3 Å². The van der Waals surface area contributed by atoms with Crippen molar-refractivity contribution in [3.05, 3.63) is 88.7 Å². The van der Waals surface area contributed by atoms with Gasteiger partial charge in [-0.05, 0) is 73.2 Å². The number of carbonyl (C=O) groups is 2. The van der Waals surface area contributed by atoms with Gasteiger partial charge in [-0.15, -0.1) is 0 Å². The van der Waals surface area contributed by atoms with Crippen LogP contribution in [0.15, 0.2) is 67.0 Å². The van der Waals surface area contributed by atoms with Crippen LogP contribution in [0.1, 0.15) is 33.2 Å². The van der Waals surface area contributed by atoms with Crippen molar-refractivity contribution in [3.63, 3.8) is 0 Å². The zero-order valence-corrected chi connectivity index (χ0v) is 19.7. The molecule has 0 atom stereocenters. The maximum Gasteiger partial charge on any atom is 0.338 e.